The average molecular weight is 515 g/mol. The molecule has 1 unspecified atom stereocenters. The SMILES string of the molecule is COc1ccc([C@H]([C@@H](N)CCC(O)c2ccc(F)cc2)N(C=O)c2ccc(-c3ccccc3)cc2)c(O)c1. The predicted octanol–water partition coefficient (Wildman–Crippen LogP) is 5.75. The number of benzene rings is 4. The van der Waals surface area contributed by atoms with Gasteiger partial charge in [-0.05, 0) is 65.9 Å². The van der Waals surface area contributed by atoms with Crippen molar-refractivity contribution in [2.75, 3.05) is 12.0 Å². The highest BCUT2D eigenvalue weighted by Crippen LogP contribution is 2.37. The number of aromatic hydroxyl groups is 1. The van der Waals surface area contributed by atoms with Crippen molar-refractivity contribution in [3.8, 4) is 22.6 Å². The van der Waals surface area contributed by atoms with E-state index in [9.17, 15) is 19.4 Å². The highest BCUT2D eigenvalue weighted by molar-refractivity contribution is 5.79. The summed E-state index contributed by atoms with van der Waals surface area (Å²) < 4.78 is 18.5. The molecule has 0 saturated heterocycles. The number of hydrogen-bond acceptors (Lipinski definition) is 5. The van der Waals surface area contributed by atoms with Gasteiger partial charge in [-0.2, -0.15) is 0 Å². The Morgan fingerprint density at radius 3 is 2.18 bits per heavy atom. The van der Waals surface area contributed by atoms with Gasteiger partial charge in [0.2, 0.25) is 6.41 Å². The minimum Gasteiger partial charge on any atom is -0.507 e. The monoisotopic (exact) mass is 514 g/mol. The second kappa shape index (κ2) is 12.4. The van der Waals surface area contributed by atoms with Gasteiger partial charge in [-0.3, -0.25) is 4.79 Å². The third-order valence-corrected chi connectivity index (χ3v) is 6.68. The van der Waals surface area contributed by atoms with Crippen LogP contribution < -0.4 is 15.4 Å². The molecule has 0 aliphatic heterocycles. The van der Waals surface area contributed by atoms with Crippen LogP contribution in [0.3, 0.4) is 0 Å². The van der Waals surface area contributed by atoms with Crippen LogP contribution in [0.4, 0.5) is 10.1 Å². The maximum atomic E-state index is 13.3. The fourth-order valence-electron chi connectivity index (χ4n) is 4.59. The van der Waals surface area contributed by atoms with Crippen LogP contribution in [0.15, 0.2) is 97.1 Å². The average Bonchev–Trinajstić information content (AvgIpc) is 2.95. The number of carbonyl (C=O) groups excluding carboxylic acids is 1. The summed E-state index contributed by atoms with van der Waals surface area (Å²) in [5, 5.41) is 21.5. The fourth-order valence-corrected chi connectivity index (χ4v) is 4.59. The molecule has 0 aromatic heterocycles. The molecule has 0 aliphatic carbocycles. The molecular weight excluding hydrogens is 483 g/mol. The van der Waals surface area contributed by atoms with Gasteiger partial charge in [0.05, 0.1) is 19.3 Å². The van der Waals surface area contributed by atoms with Crippen LogP contribution in [-0.2, 0) is 4.79 Å². The van der Waals surface area contributed by atoms with Gasteiger partial charge in [0.15, 0.2) is 0 Å². The number of amides is 1. The normalized spacial score (nSPS) is 13.4. The van der Waals surface area contributed by atoms with E-state index in [1.54, 1.807) is 12.1 Å². The van der Waals surface area contributed by atoms with Crippen LogP contribution in [0.2, 0.25) is 0 Å². The quantitative estimate of drug-likeness (QED) is 0.222. The molecule has 0 aliphatic rings. The molecule has 4 aromatic rings. The lowest BCUT2D eigenvalue weighted by Gasteiger charge is -2.34. The Morgan fingerprint density at radius 1 is 0.921 bits per heavy atom. The Balaban J connectivity index is 1.63. The van der Waals surface area contributed by atoms with Crippen molar-refractivity contribution < 1.29 is 24.1 Å². The smallest absolute Gasteiger partial charge is 0.214 e. The number of phenols is 1. The Bertz CT molecular complexity index is 1330. The van der Waals surface area contributed by atoms with Crippen LogP contribution in [-0.4, -0.2) is 29.8 Å². The van der Waals surface area contributed by atoms with Crippen LogP contribution in [0.25, 0.3) is 11.1 Å². The maximum absolute atomic E-state index is 13.3. The number of carbonyl (C=O) groups is 1. The third kappa shape index (κ3) is 6.19. The van der Waals surface area contributed by atoms with Crippen molar-refractivity contribution in [2.45, 2.75) is 31.0 Å². The molecule has 0 fully saturated rings. The number of methoxy groups -OCH3 is 1. The third-order valence-electron chi connectivity index (χ3n) is 6.68. The van der Waals surface area contributed by atoms with Gasteiger partial charge in [0.25, 0.3) is 0 Å². The number of anilines is 1. The van der Waals surface area contributed by atoms with E-state index in [2.05, 4.69) is 0 Å². The van der Waals surface area contributed by atoms with Crippen molar-refractivity contribution in [2.24, 2.45) is 5.73 Å². The largest absolute Gasteiger partial charge is 0.507 e. The molecule has 4 aromatic carbocycles. The van der Waals surface area contributed by atoms with Crippen LogP contribution in [0.1, 0.15) is 36.1 Å². The molecule has 0 radical (unpaired) electrons. The van der Waals surface area contributed by atoms with Gasteiger partial charge >= 0.3 is 0 Å². The Morgan fingerprint density at radius 2 is 1.58 bits per heavy atom. The van der Waals surface area contributed by atoms with Gasteiger partial charge < -0.3 is 25.6 Å². The minimum absolute atomic E-state index is 0.0587. The first-order valence-electron chi connectivity index (χ1n) is 12.4. The first-order valence-corrected chi connectivity index (χ1v) is 12.4. The standard InChI is InChI=1S/C31H31FN2O4/c1-38-26-15-16-27(30(37)19-26)31(28(33)17-18-29(36)23-7-11-24(32)12-8-23)34(20-35)25-13-9-22(10-14-25)21-5-3-2-4-6-21/h2-16,19-20,28-29,31,36-37H,17-18,33H2,1H3/t28-,29?,31+/m0/s1. The lowest BCUT2D eigenvalue weighted by molar-refractivity contribution is -0.108. The van der Waals surface area contributed by atoms with E-state index in [1.165, 1.54) is 42.3 Å². The molecule has 196 valence electrons. The van der Waals surface area contributed by atoms with Gasteiger partial charge in [0.1, 0.15) is 17.3 Å². The van der Waals surface area contributed by atoms with Crippen molar-refractivity contribution in [3.05, 3.63) is 114 Å². The second-order valence-corrected chi connectivity index (χ2v) is 9.10. The zero-order valence-electron chi connectivity index (χ0n) is 21.1. The van der Waals surface area contributed by atoms with E-state index in [1.807, 2.05) is 54.6 Å². The predicted molar refractivity (Wildman–Crippen MR) is 146 cm³/mol. The molecule has 4 N–H and O–H groups in total. The molecule has 7 heteroatoms. The molecule has 4 rings (SSSR count). The molecule has 3 atom stereocenters. The number of ether oxygens (including phenoxy) is 1. The van der Waals surface area contributed by atoms with Gasteiger partial charge in [-0.1, -0.05) is 54.6 Å². The van der Waals surface area contributed by atoms with Crippen molar-refractivity contribution in [1.82, 2.24) is 0 Å². The summed E-state index contributed by atoms with van der Waals surface area (Å²) >= 11 is 0. The van der Waals surface area contributed by atoms with E-state index in [0.717, 1.165) is 11.1 Å². The molecule has 6 nitrogen and oxygen atoms in total. The molecule has 0 bridgehead atoms. The Kier molecular flexibility index (Phi) is 8.73. The van der Waals surface area contributed by atoms with Crippen molar-refractivity contribution in [1.29, 1.82) is 0 Å². The Hall–Kier alpha value is -4.20. The molecule has 0 heterocycles. The molecule has 38 heavy (non-hydrogen) atoms. The number of halogens is 1. The second-order valence-electron chi connectivity index (χ2n) is 9.10. The molecule has 0 saturated carbocycles. The lowest BCUT2D eigenvalue weighted by Crippen LogP contribution is -2.41. The number of rotatable bonds is 11. The van der Waals surface area contributed by atoms with E-state index in [-0.39, 0.29) is 18.0 Å². The summed E-state index contributed by atoms with van der Waals surface area (Å²) in [6.07, 6.45) is 0.435. The Labute approximate surface area is 221 Å². The van der Waals surface area contributed by atoms with Gasteiger partial charge in [-0.15, -0.1) is 0 Å². The fraction of sp³-hybridized carbons (Fsp3) is 0.194. The number of aliphatic hydroxyl groups excluding tert-OH is 1. The summed E-state index contributed by atoms with van der Waals surface area (Å²) in [5.41, 5.74) is 10.3. The zero-order chi connectivity index (χ0) is 27.1. The number of hydrogen-bond donors (Lipinski definition) is 3. The van der Waals surface area contributed by atoms with E-state index in [0.29, 0.717) is 35.4 Å². The highest BCUT2D eigenvalue weighted by Gasteiger charge is 2.30. The van der Waals surface area contributed by atoms with E-state index >= 15 is 0 Å². The van der Waals surface area contributed by atoms with Crippen molar-refractivity contribution in [3.63, 3.8) is 0 Å². The zero-order valence-corrected chi connectivity index (χ0v) is 21.1. The lowest BCUT2D eigenvalue weighted by atomic mass is 9.91. The molecule has 0 spiro atoms. The van der Waals surface area contributed by atoms with E-state index in [4.69, 9.17) is 10.5 Å². The number of nitrogens with zero attached hydrogens (tertiary/aromatic N) is 1. The summed E-state index contributed by atoms with van der Waals surface area (Å²) in [6, 6.07) is 26.5. The minimum atomic E-state index is -0.860. The van der Waals surface area contributed by atoms with Gasteiger partial charge in [-0.25, -0.2) is 4.39 Å². The highest BCUT2D eigenvalue weighted by atomic mass is 19.1. The summed E-state index contributed by atoms with van der Waals surface area (Å²) in [7, 11) is 1.50. The summed E-state index contributed by atoms with van der Waals surface area (Å²) in [4.78, 5) is 14.0. The van der Waals surface area contributed by atoms with E-state index < -0.39 is 18.2 Å². The first-order chi connectivity index (χ1) is 18.4. The van der Waals surface area contributed by atoms with Gasteiger partial charge in [0, 0.05) is 23.4 Å². The summed E-state index contributed by atoms with van der Waals surface area (Å²) in [5.74, 6) is 0.0272. The van der Waals surface area contributed by atoms with Crippen LogP contribution >= 0.6 is 0 Å². The van der Waals surface area contributed by atoms with Crippen LogP contribution in [0.5, 0.6) is 11.5 Å². The van der Waals surface area contributed by atoms with Crippen LogP contribution in [0, 0.1) is 5.82 Å². The number of aliphatic hydroxyl groups is 1. The summed E-state index contributed by atoms with van der Waals surface area (Å²) in [6.45, 7) is 0. The van der Waals surface area contributed by atoms with Crippen molar-refractivity contribution >= 4 is 12.1 Å². The number of nitrogens with two attached hydrogens (primary N) is 1. The number of phenolic OH excluding ortho intramolecular Hbond substituents is 1. The maximum Gasteiger partial charge on any atom is 0.214 e. The topological polar surface area (TPSA) is 96.0 Å². The molecular formula is C31H31FN2O4. The first kappa shape index (κ1) is 26.9. The molecule has 1 amide bonds.